The van der Waals surface area contributed by atoms with Crippen LogP contribution < -0.4 is 10.1 Å². The van der Waals surface area contributed by atoms with Gasteiger partial charge in [0.25, 0.3) is 0 Å². The van der Waals surface area contributed by atoms with E-state index in [1.807, 2.05) is 41.8 Å². The van der Waals surface area contributed by atoms with E-state index in [9.17, 15) is 9.90 Å². The van der Waals surface area contributed by atoms with Crippen LogP contribution in [0, 0.1) is 0 Å². The largest absolute Gasteiger partial charge is 0.497 e. The van der Waals surface area contributed by atoms with Crippen LogP contribution in [0.4, 0.5) is 0 Å². The molecule has 0 aliphatic heterocycles. The molecule has 1 aromatic heterocycles. The second kappa shape index (κ2) is 6.74. The SMILES string of the molecule is COc1ccc(CC(C)(NCc2cccs2)C(=O)O)cc1. The zero-order valence-electron chi connectivity index (χ0n) is 12.1. The zero-order chi connectivity index (χ0) is 15.3. The Balaban J connectivity index is 2.07. The van der Waals surface area contributed by atoms with Gasteiger partial charge in [0.15, 0.2) is 0 Å². The fourth-order valence-electron chi connectivity index (χ4n) is 2.06. The minimum atomic E-state index is -1.00. The third kappa shape index (κ3) is 4.06. The van der Waals surface area contributed by atoms with E-state index < -0.39 is 11.5 Å². The normalized spacial score (nSPS) is 13.6. The summed E-state index contributed by atoms with van der Waals surface area (Å²) in [4.78, 5) is 12.7. The predicted molar refractivity (Wildman–Crippen MR) is 83.9 cm³/mol. The van der Waals surface area contributed by atoms with Gasteiger partial charge in [0, 0.05) is 17.8 Å². The Morgan fingerprint density at radius 1 is 1.33 bits per heavy atom. The van der Waals surface area contributed by atoms with E-state index in [1.165, 1.54) is 0 Å². The van der Waals surface area contributed by atoms with Gasteiger partial charge in [-0.15, -0.1) is 11.3 Å². The standard InChI is InChI=1S/C16H19NO3S/c1-16(15(18)19,17-11-14-4-3-9-21-14)10-12-5-7-13(20-2)8-6-12/h3-9,17H,10-11H2,1-2H3,(H,18,19). The molecule has 0 amide bonds. The number of ether oxygens (including phenoxy) is 1. The van der Waals surface area contributed by atoms with E-state index in [1.54, 1.807) is 25.4 Å². The van der Waals surface area contributed by atoms with E-state index in [4.69, 9.17) is 4.74 Å². The van der Waals surface area contributed by atoms with Crippen molar-refractivity contribution in [2.75, 3.05) is 7.11 Å². The number of carboxylic acid groups (broad SMARTS) is 1. The van der Waals surface area contributed by atoms with Crippen molar-refractivity contribution in [1.29, 1.82) is 0 Å². The highest BCUT2D eigenvalue weighted by molar-refractivity contribution is 7.09. The lowest BCUT2D eigenvalue weighted by atomic mass is 9.92. The van der Waals surface area contributed by atoms with E-state index in [2.05, 4.69) is 5.32 Å². The van der Waals surface area contributed by atoms with Crippen molar-refractivity contribution >= 4 is 17.3 Å². The molecule has 0 spiro atoms. The van der Waals surface area contributed by atoms with Gasteiger partial charge in [-0.1, -0.05) is 18.2 Å². The summed E-state index contributed by atoms with van der Waals surface area (Å²) < 4.78 is 5.11. The van der Waals surface area contributed by atoms with Crippen molar-refractivity contribution in [2.24, 2.45) is 0 Å². The molecular formula is C16H19NO3S. The van der Waals surface area contributed by atoms with Crippen LogP contribution in [0.5, 0.6) is 5.75 Å². The Morgan fingerprint density at radius 2 is 2.05 bits per heavy atom. The Morgan fingerprint density at radius 3 is 2.57 bits per heavy atom. The highest BCUT2D eigenvalue weighted by Crippen LogP contribution is 2.19. The molecule has 21 heavy (non-hydrogen) atoms. The maximum Gasteiger partial charge on any atom is 0.323 e. The molecule has 0 bridgehead atoms. The number of aliphatic carboxylic acids is 1. The number of hydrogen-bond acceptors (Lipinski definition) is 4. The lowest BCUT2D eigenvalue weighted by Crippen LogP contribution is -2.50. The van der Waals surface area contributed by atoms with E-state index in [-0.39, 0.29) is 0 Å². The number of thiophene rings is 1. The van der Waals surface area contributed by atoms with Crippen molar-refractivity contribution < 1.29 is 14.6 Å². The van der Waals surface area contributed by atoms with Gasteiger partial charge < -0.3 is 9.84 Å². The molecule has 0 saturated carbocycles. The van der Waals surface area contributed by atoms with Crippen molar-refractivity contribution in [3.63, 3.8) is 0 Å². The van der Waals surface area contributed by atoms with Gasteiger partial charge in [0.05, 0.1) is 7.11 Å². The third-order valence-corrected chi connectivity index (χ3v) is 4.30. The number of benzene rings is 1. The Kier molecular flexibility index (Phi) is 4.98. The highest BCUT2D eigenvalue weighted by Gasteiger charge is 2.32. The maximum atomic E-state index is 11.6. The quantitative estimate of drug-likeness (QED) is 0.826. The fourth-order valence-corrected chi connectivity index (χ4v) is 2.71. The molecule has 0 saturated heterocycles. The Labute approximate surface area is 128 Å². The second-order valence-electron chi connectivity index (χ2n) is 5.10. The van der Waals surface area contributed by atoms with Crippen molar-refractivity contribution in [2.45, 2.75) is 25.4 Å². The number of hydrogen-bond donors (Lipinski definition) is 2. The molecule has 5 heteroatoms. The highest BCUT2D eigenvalue weighted by atomic mass is 32.1. The summed E-state index contributed by atoms with van der Waals surface area (Å²) in [6, 6.07) is 11.4. The van der Waals surface area contributed by atoms with E-state index in [0.717, 1.165) is 16.2 Å². The molecule has 1 heterocycles. The van der Waals surface area contributed by atoms with Gasteiger partial charge in [-0.05, 0) is 36.1 Å². The van der Waals surface area contributed by atoms with Gasteiger partial charge in [-0.2, -0.15) is 0 Å². The molecule has 2 aromatic rings. The second-order valence-corrected chi connectivity index (χ2v) is 6.13. The summed E-state index contributed by atoms with van der Waals surface area (Å²) in [6.45, 7) is 2.27. The summed E-state index contributed by atoms with van der Waals surface area (Å²) in [7, 11) is 1.61. The number of nitrogens with one attached hydrogen (secondary N) is 1. The number of rotatable bonds is 7. The lowest BCUT2D eigenvalue weighted by molar-refractivity contribution is -0.144. The van der Waals surface area contributed by atoms with Crippen LogP contribution >= 0.6 is 11.3 Å². The summed E-state index contributed by atoms with van der Waals surface area (Å²) >= 11 is 1.61. The zero-order valence-corrected chi connectivity index (χ0v) is 12.9. The van der Waals surface area contributed by atoms with Gasteiger partial charge >= 0.3 is 5.97 Å². The molecule has 1 aromatic carbocycles. The van der Waals surface area contributed by atoms with Crippen LogP contribution in [0.3, 0.4) is 0 Å². The minimum absolute atomic E-state index is 0.414. The van der Waals surface area contributed by atoms with Crippen molar-refractivity contribution in [3.05, 3.63) is 52.2 Å². The molecule has 4 nitrogen and oxygen atoms in total. The molecule has 0 fully saturated rings. The summed E-state index contributed by atoms with van der Waals surface area (Å²) in [5.41, 5.74) is -0.0437. The van der Waals surface area contributed by atoms with Gasteiger partial charge in [0.1, 0.15) is 11.3 Å². The monoisotopic (exact) mass is 305 g/mol. The summed E-state index contributed by atoms with van der Waals surface area (Å²) in [5.74, 6) is -0.0859. The average Bonchev–Trinajstić information content (AvgIpc) is 2.99. The molecule has 0 radical (unpaired) electrons. The molecule has 2 rings (SSSR count). The Hall–Kier alpha value is -1.85. The van der Waals surface area contributed by atoms with Crippen LogP contribution in [0.25, 0.3) is 0 Å². The minimum Gasteiger partial charge on any atom is -0.497 e. The smallest absolute Gasteiger partial charge is 0.323 e. The van der Waals surface area contributed by atoms with Crippen LogP contribution in [0.2, 0.25) is 0 Å². The Bertz CT molecular complexity index is 580. The summed E-state index contributed by atoms with van der Waals surface area (Å²) in [5, 5.41) is 14.7. The van der Waals surface area contributed by atoms with Crippen LogP contribution in [-0.2, 0) is 17.8 Å². The lowest BCUT2D eigenvalue weighted by Gasteiger charge is -2.26. The average molecular weight is 305 g/mol. The molecule has 0 aliphatic carbocycles. The third-order valence-electron chi connectivity index (χ3n) is 3.42. The van der Waals surface area contributed by atoms with Crippen molar-refractivity contribution in [3.8, 4) is 5.75 Å². The fraction of sp³-hybridized carbons (Fsp3) is 0.312. The predicted octanol–water partition coefficient (Wildman–Crippen LogP) is 2.93. The van der Waals surface area contributed by atoms with Crippen LogP contribution in [-0.4, -0.2) is 23.7 Å². The molecule has 1 atom stereocenters. The van der Waals surface area contributed by atoms with E-state index >= 15 is 0 Å². The number of carboxylic acids is 1. The van der Waals surface area contributed by atoms with Crippen LogP contribution in [0.15, 0.2) is 41.8 Å². The molecule has 112 valence electrons. The first-order valence-electron chi connectivity index (χ1n) is 6.67. The number of carbonyl (C=O) groups is 1. The topological polar surface area (TPSA) is 58.6 Å². The first kappa shape index (κ1) is 15.5. The number of methoxy groups -OCH3 is 1. The molecule has 0 aliphatic rings. The van der Waals surface area contributed by atoms with Gasteiger partial charge in [0.2, 0.25) is 0 Å². The molecular weight excluding hydrogens is 286 g/mol. The van der Waals surface area contributed by atoms with Gasteiger partial charge in [-0.25, -0.2) is 0 Å². The molecule has 2 N–H and O–H groups in total. The van der Waals surface area contributed by atoms with E-state index in [0.29, 0.717) is 13.0 Å². The first-order valence-corrected chi connectivity index (χ1v) is 7.55. The summed E-state index contributed by atoms with van der Waals surface area (Å²) in [6.07, 6.45) is 0.414. The maximum absolute atomic E-state index is 11.6. The molecule has 1 unspecified atom stereocenters. The van der Waals surface area contributed by atoms with Crippen LogP contribution in [0.1, 0.15) is 17.4 Å². The first-order chi connectivity index (χ1) is 10.0. The van der Waals surface area contributed by atoms with Gasteiger partial charge in [-0.3, -0.25) is 10.1 Å². The van der Waals surface area contributed by atoms with Crippen molar-refractivity contribution in [1.82, 2.24) is 5.32 Å².